The number of nitrogens with zero attached hydrogens (tertiary/aromatic N) is 3. The minimum Gasteiger partial charge on any atom is -0.462 e. The lowest BCUT2D eigenvalue weighted by atomic mass is 10.2. The summed E-state index contributed by atoms with van der Waals surface area (Å²) in [5.74, 6) is -0.331. The molecule has 184 valence electrons. The van der Waals surface area contributed by atoms with Gasteiger partial charge in [-0.1, -0.05) is 6.42 Å². The maximum Gasteiger partial charge on any atom is 0.338 e. The molecule has 1 aliphatic heterocycles. The number of hydrogen-bond donors (Lipinski definition) is 0. The summed E-state index contributed by atoms with van der Waals surface area (Å²) < 4.78 is 34.4. The Morgan fingerprint density at radius 3 is 2.29 bits per heavy atom. The van der Waals surface area contributed by atoms with Gasteiger partial charge in [0.25, 0.3) is 0 Å². The van der Waals surface area contributed by atoms with E-state index in [2.05, 4.69) is 9.56 Å². The average Bonchev–Trinajstić information content (AvgIpc) is 3.16. The predicted molar refractivity (Wildman–Crippen MR) is 138 cm³/mol. The van der Waals surface area contributed by atoms with Gasteiger partial charge in [0.2, 0.25) is 10.0 Å². The van der Waals surface area contributed by atoms with Gasteiger partial charge in [-0.25, -0.2) is 13.2 Å². The summed E-state index contributed by atoms with van der Waals surface area (Å²) in [4.78, 5) is 16.8. The van der Waals surface area contributed by atoms with E-state index in [1.165, 1.54) is 0 Å². The maximum atomic E-state index is 12.8. The molecular formula is C27H31N3O4S. The van der Waals surface area contributed by atoms with Gasteiger partial charge < -0.3 is 9.30 Å². The van der Waals surface area contributed by atoms with E-state index in [9.17, 15) is 13.2 Å². The molecule has 4 rings (SSSR count). The molecule has 0 saturated carbocycles. The fourth-order valence-corrected chi connectivity index (χ4v) is 5.90. The molecule has 8 heteroatoms. The first-order chi connectivity index (χ1) is 16.8. The van der Waals surface area contributed by atoms with Crippen LogP contribution in [-0.2, 0) is 14.8 Å². The first kappa shape index (κ1) is 24.9. The molecule has 35 heavy (non-hydrogen) atoms. The Morgan fingerprint density at radius 2 is 1.66 bits per heavy atom. The molecule has 3 aromatic rings. The molecule has 0 spiro atoms. The molecule has 2 heterocycles. The molecule has 0 unspecified atom stereocenters. The Morgan fingerprint density at radius 1 is 1.00 bits per heavy atom. The molecule has 0 aliphatic carbocycles. The maximum absolute atomic E-state index is 12.8. The van der Waals surface area contributed by atoms with Crippen molar-refractivity contribution in [1.29, 1.82) is 0 Å². The zero-order valence-electron chi connectivity index (χ0n) is 20.4. The Bertz CT molecular complexity index is 1320. The zero-order chi connectivity index (χ0) is 25.0. The number of carbonyl (C=O) groups is 1. The van der Waals surface area contributed by atoms with Gasteiger partial charge in [-0.05, 0) is 88.2 Å². The number of sulfonamides is 1. The van der Waals surface area contributed by atoms with Crippen LogP contribution in [0.15, 0.2) is 64.5 Å². The summed E-state index contributed by atoms with van der Waals surface area (Å²) in [5.41, 5.74) is 5.16. The summed E-state index contributed by atoms with van der Waals surface area (Å²) in [6.07, 6.45) is 4.70. The number of aromatic nitrogens is 1. The van der Waals surface area contributed by atoms with Crippen LogP contribution in [0.25, 0.3) is 5.69 Å². The van der Waals surface area contributed by atoms with E-state index in [0.29, 0.717) is 35.8 Å². The summed E-state index contributed by atoms with van der Waals surface area (Å²) in [6, 6.07) is 16.1. The molecule has 0 radical (unpaired) electrons. The Hall–Kier alpha value is -3.23. The van der Waals surface area contributed by atoms with E-state index in [0.717, 1.165) is 41.9 Å². The summed E-state index contributed by atoms with van der Waals surface area (Å²) in [7, 11) is -3.45. The van der Waals surface area contributed by atoms with E-state index >= 15 is 0 Å². The van der Waals surface area contributed by atoms with Gasteiger partial charge in [0.05, 0.1) is 22.8 Å². The highest BCUT2D eigenvalue weighted by Crippen LogP contribution is 2.24. The van der Waals surface area contributed by atoms with Crippen LogP contribution in [0.2, 0.25) is 0 Å². The van der Waals surface area contributed by atoms with Crippen molar-refractivity contribution in [3.63, 3.8) is 0 Å². The highest BCUT2D eigenvalue weighted by molar-refractivity contribution is 7.89. The number of esters is 1. The van der Waals surface area contributed by atoms with Gasteiger partial charge >= 0.3 is 5.97 Å². The molecular weight excluding hydrogens is 462 g/mol. The number of aliphatic imine (C=N–C) groups is 1. The number of aryl methyl sites for hydroxylation is 1. The Labute approximate surface area is 207 Å². The first-order valence-corrected chi connectivity index (χ1v) is 13.4. The highest BCUT2D eigenvalue weighted by Gasteiger charge is 2.25. The van der Waals surface area contributed by atoms with Crippen molar-refractivity contribution in [3.05, 3.63) is 77.1 Å². The molecule has 2 aromatic carbocycles. The average molecular weight is 494 g/mol. The molecule has 0 bridgehead atoms. The lowest BCUT2D eigenvalue weighted by molar-refractivity contribution is 0.0526. The van der Waals surface area contributed by atoms with E-state index in [1.807, 2.05) is 32.0 Å². The minimum absolute atomic E-state index is 0.308. The fourth-order valence-electron chi connectivity index (χ4n) is 4.38. The van der Waals surface area contributed by atoms with Crippen molar-refractivity contribution >= 4 is 27.9 Å². The van der Waals surface area contributed by atoms with Crippen LogP contribution < -0.4 is 0 Å². The van der Waals surface area contributed by atoms with Gasteiger partial charge in [0, 0.05) is 41.9 Å². The van der Waals surface area contributed by atoms with Crippen molar-refractivity contribution in [2.75, 3.05) is 19.7 Å². The fraction of sp³-hybridized carbons (Fsp3) is 0.333. The number of ether oxygens (including phenoxy) is 1. The molecule has 0 atom stereocenters. The summed E-state index contributed by atoms with van der Waals surface area (Å²) in [5, 5.41) is 0. The standard InChI is InChI=1S/C27H31N3O4S/c1-4-34-27(31)22-8-12-25(13-9-22)30-20(2)18-23(21(30)3)19-28-24-10-14-26(15-11-24)35(32,33)29-16-6-5-7-17-29/h8-15,18-19H,4-7,16-17H2,1-3H3. The molecule has 0 N–H and O–H groups in total. The number of carbonyl (C=O) groups excluding carboxylic acids is 1. The first-order valence-electron chi connectivity index (χ1n) is 11.9. The summed E-state index contributed by atoms with van der Waals surface area (Å²) >= 11 is 0. The number of benzene rings is 2. The van der Waals surface area contributed by atoms with Crippen molar-refractivity contribution < 1.29 is 17.9 Å². The Kier molecular flexibility index (Phi) is 7.52. The smallest absolute Gasteiger partial charge is 0.338 e. The third-order valence-electron chi connectivity index (χ3n) is 6.25. The lowest BCUT2D eigenvalue weighted by Crippen LogP contribution is -2.35. The van der Waals surface area contributed by atoms with E-state index in [-0.39, 0.29) is 5.97 Å². The second-order valence-corrected chi connectivity index (χ2v) is 10.6. The number of hydrogen-bond acceptors (Lipinski definition) is 5. The molecule has 0 amide bonds. The van der Waals surface area contributed by atoms with Crippen molar-refractivity contribution in [3.8, 4) is 5.69 Å². The largest absolute Gasteiger partial charge is 0.462 e. The number of piperidine rings is 1. The van der Waals surface area contributed by atoms with Gasteiger partial charge in [-0.15, -0.1) is 0 Å². The quantitative estimate of drug-likeness (QED) is 0.335. The molecule has 7 nitrogen and oxygen atoms in total. The van der Waals surface area contributed by atoms with Crippen molar-refractivity contribution in [1.82, 2.24) is 8.87 Å². The van der Waals surface area contributed by atoms with Crippen molar-refractivity contribution in [2.24, 2.45) is 4.99 Å². The molecule has 1 fully saturated rings. The molecule has 1 saturated heterocycles. The van der Waals surface area contributed by atoms with Gasteiger partial charge in [-0.3, -0.25) is 4.99 Å². The second kappa shape index (κ2) is 10.6. The number of rotatable bonds is 7. The van der Waals surface area contributed by atoms with Crippen LogP contribution in [0.5, 0.6) is 0 Å². The van der Waals surface area contributed by atoms with Crippen molar-refractivity contribution in [2.45, 2.75) is 44.9 Å². The monoisotopic (exact) mass is 493 g/mol. The molecule has 1 aromatic heterocycles. The van der Waals surface area contributed by atoms with E-state index in [4.69, 9.17) is 4.74 Å². The van der Waals surface area contributed by atoms with Crippen LogP contribution in [-0.4, -0.2) is 49.2 Å². The second-order valence-electron chi connectivity index (χ2n) is 8.65. The van der Waals surface area contributed by atoms with E-state index < -0.39 is 10.0 Å². The van der Waals surface area contributed by atoms with Crippen LogP contribution in [0.3, 0.4) is 0 Å². The third kappa shape index (κ3) is 5.39. The predicted octanol–water partition coefficient (Wildman–Crippen LogP) is 5.20. The van der Waals surface area contributed by atoms with Gasteiger partial charge in [0.1, 0.15) is 0 Å². The van der Waals surface area contributed by atoms with E-state index in [1.54, 1.807) is 53.8 Å². The van der Waals surface area contributed by atoms with Crippen LogP contribution in [0.4, 0.5) is 5.69 Å². The SMILES string of the molecule is CCOC(=O)c1ccc(-n2c(C)cc(C=Nc3ccc(S(=O)(=O)N4CCCCC4)cc3)c2C)cc1. The third-order valence-corrected chi connectivity index (χ3v) is 8.16. The highest BCUT2D eigenvalue weighted by atomic mass is 32.2. The van der Waals surface area contributed by atoms with Gasteiger partial charge in [-0.2, -0.15) is 4.31 Å². The zero-order valence-corrected chi connectivity index (χ0v) is 21.2. The minimum atomic E-state index is -3.45. The van der Waals surface area contributed by atoms with Crippen LogP contribution in [0, 0.1) is 13.8 Å². The lowest BCUT2D eigenvalue weighted by Gasteiger charge is -2.25. The molecule has 1 aliphatic rings. The summed E-state index contributed by atoms with van der Waals surface area (Å²) in [6.45, 7) is 7.34. The topological polar surface area (TPSA) is 81.0 Å². The van der Waals surface area contributed by atoms with Gasteiger partial charge in [0.15, 0.2) is 0 Å². The van der Waals surface area contributed by atoms with Crippen LogP contribution in [0.1, 0.15) is 53.5 Å². The van der Waals surface area contributed by atoms with Crippen LogP contribution >= 0.6 is 0 Å². The normalized spacial score (nSPS) is 14.9. The Balaban J connectivity index is 1.51.